The number of pyridine rings is 1. The van der Waals surface area contributed by atoms with Gasteiger partial charge in [-0.3, -0.25) is 10.1 Å². The molecule has 4 aromatic rings. The first-order valence-electron chi connectivity index (χ1n) is 15.1. The van der Waals surface area contributed by atoms with E-state index in [1.807, 2.05) is 63.2 Å². The van der Waals surface area contributed by atoms with E-state index in [1.54, 1.807) is 50.1 Å². The van der Waals surface area contributed by atoms with Crippen LogP contribution in [0, 0.1) is 0 Å². The number of aromatic nitrogens is 1. The van der Waals surface area contributed by atoms with Crippen molar-refractivity contribution in [2.75, 3.05) is 36.4 Å². The number of furan rings is 1. The van der Waals surface area contributed by atoms with Crippen LogP contribution in [0.1, 0.15) is 57.5 Å². The van der Waals surface area contributed by atoms with Crippen molar-refractivity contribution in [1.82, 2.24) is 9.88 Å². The molecular weight excluding hydrogens is 572 g/mol. The zero-order valence-corrected chi connectivity index (χ0v) is 26.7. The summed E-state index contributed by atoms with van der Waals surface area (Å²) >= 11 is 0. The van der Waals surface area contributed by atoms with Crippen LogP contribution in [0.3, 0.4) is 0 Å². The first-order chi connectivity index (χ1) is 21.2. The summed E-state index contributed by atoms with van der Waals surface area (Å²) < 4.78 is 16.5. The molecule has 1 aliphatic heterocycles. The van der Waals surface area contributed by atoms with Gasteiger partial charge in [-0.1, -0.05) is 0 Å². The predicted molar refractivity (Wildman–Crippen MR) is 174 cm³/mol. The lowest BCUT2D eigenvalue weighted by molar-refractivity contribution is 0.0240. The summed E-state index contributed by atoms with van der Waals surface area (Å²) in [5, 5.41) is 3.64. The minimum Gasteiger partial charge on any atom is -0.464 e. The summed E-state index contributed by atoms with van der Waals surface area (Å²) in [6.45, 7) is 13.3. The third-order valence-electron chi connectivity index (χ3n) is 7.15. The number of rotatable bonds is 6. The van der Waals surface area contributed by atoms with Crippen LogP contribution in [-0.2, 0) is 15.9 Å². The van der Waals surface area contributed by atoms with E-state index >= 15 is 0 Å². The number of ether oxygens (including phenoxy) is 2. The molecule has 0 saturated carbocycles. The smallest absolute Gasteiger partial charge is 0.412 e. The van der Waals surface area contributed by atoms with Gasteiger partial charge in [-0.15, -0.1) is 0 Å². The fourth-order valence-electron chi connectivity index (χ4n) is 5.06. The van der Waals surface area contributed by atoms with Gasteiger partial charge in [0.2, 0.25) is 0 Å². The molecule has 1 aliphatic rings. The number of nitrogens with zero attached hydrogens (tertiary/aromatic N) is 3. The van der Waals surface area contributed by atoms with E-state index in [0.29, 0.717) is 48.8 Å². The molecule has 236 valence electrons. The van der Waals surface area contributed by atoms with Gasteiger partial charge in [0.05, 0.1) is 11.8 Å². The van der Waals surface area contributed by atoms with Crippen molar-refractivity contribution in [2.24, 2.45) is 0 Å². The summed E-state index contributed by atoms with van der Waals surface area (Å²) in [6.07, 6.45) is 0.747. The molecule has 0 aliphatic carbocycles. The molecule has 0 radical (unpaired) electrons. The Morgan fingerprint density at radius 3 is 2.27 bits per heavy atom. The molecular formula is C35H40N4O6. The van der Waals surface area contributed by atoms with E-state index in [-0.39, 0.29) is 18.3 Å². The first kappa shape index (κ1) is 31.6. The molecule has 0 bridgehead atoms. The van der Waals surface area contributed by atoms with E-state index in [0.717, 1.165) is 22.3 Å². The van der Waals surface area contributed by atoms with Gasteiger partial charge < -0.3 is 23.7 Å². The number of Topliss-reactive ketones (excluding diaryl/α,β-unsaturated/α-hetero) is 1. The average molecular weight is 613 g/mol. The monoisotopic (exact) mass is 612 g/mol. The number of benzene rings is 2. The van der Waals surface area contributed by atoms with Gasteiger partial charge in [0, 0.05) is 54.8 Å². The number of anilines is 2. The number of amides is 2. The predicted octanol–water partition coefficient (Wildman–Crippen LogP) is 7.32. The number of carbonyl (C=O) groups excluding carboxylic acids is 3. The fourth-order valence-corrected chi connectivity index (χ4v) is 5.06. The summed E-state index contributed by atoms with van der Waals surface area (Å²) in [6, 6.07) is 18.4. The highest BCUT2D eigenvalue weighted by Crippen LogP contribution is 2.28. The van der Waals surface area contributed by atoms with Gasteiger partial charge in [-0.25, -0.2) is 14.6 Å². The van der Waals surface area contributed by atoms with Gasteiger partial charge in [0.15, 0.2) is 5.78 Å². The maximum absolute atomic E-state index is 13.6. The molecule has 1 saturated heterocycles. The Morgan fingerprint density at radius 2 is 1.60 bits per heavy atom. The second kappa shape index (κ2) is 12.6. The van der Waals surface area contributed by atoms with Crippen molar-refractivity contribution >= 4 is 40.4 Å². The topological polar surface area (TPSA) is 114 Å². The van der Waals surface area contributed by atoms with Crippen LogP contribution in [0.25, 0.3) is 22.2 Å². The largest absolute Gasteiger partial charge is 0.464 e. The number of carbonyl (C=O) groups is 3. The molecule has 0 unspecified atom stereocenters. The Kier molecular flexibility index (Phi) is 8.86. The van der Waals surface area contributed by atoms with E-state index < -0.39 is 17.3 Å². The molecule has 0 atom stereocenters. The van der Waals surface area contributed by atoms with Crippen LogP contribution >= 0.6 is 0 Å². The number of hydrogen-bond donors (Lipinski definition) is 1. The highest BCUT2D eigenvalue weighted by molar-refractivity contribution is 6.02. The maximum atomic E-state index is 13.6. The third-order valence-corrected chi connectivity index (χ3v) is 7.15. The normalized spacial score (nSPS) is 13.9. The standard InChI is InChI=1S/C35H40N4O6/c1-34(2,3)44-32(41)37-28-13-10-25(30-8-7-19-43-30)21-26(28)22-29(40)24-9-12-27-23(20-24)11-14-31(36-27)38-15-17-39(18-16-38)33(42)45-35(4,5)6/h7-14,19-21H,15-18,22H2,1-6H3,(H,37,41). The zero-order valence-electron chi connectivity index (χ0n) is 26.7. The van der Waals surface area contributed by atoms with E-state index in [1.165, 1.54) is 0 Å². The second-order valence-electron chi connectivity index (χ2n) is 13.1. The Morgan fingerprint density at radius 1 is 0.867 bits per heavy atom. The van der Waals surface area contributed by atoms with E-state index in [9.17, 15) is 14.4 Å². The van der Waals surface area contributed by atoms with Gasteiger partial charge in [0.1, 0.15) is 22.8 Å². The zero-order chi connectivity index (χ0) is 32.4. The maximum Gasteiger partial charge on any atom is 0.412 e. The van der Waals surface area contributed by atoms with Gasteiger partial charge >= 0.3 is 12.2 Å². The molecule has 5 rings (SSSR count). The Hall–Kier alpha value is -4.86. The lowest BCUT2D eigenvalue weighted by atomic mass is 9.98. The van der Waals surface area contributed by atoms with Gasteiger partial charge in [-0.2, -0.15) is 0 Å². The molecule has 10 nitrogen and oxygen atoms in total. The molecule has 2 aromatic heterocycles. The SMILES string of the molecule is CC(C)(C)OC(=O)Nc1ccc(-c2ccco2)cc1CC(=O)c1ccc2nc(N3CCN(C(=O)OC(C)(C)C)CC3)ccc2c1. The molecule has 1 fully saturated rings. The summed E-state index contributed by atoms with van der Waals surface area (Å²) in [4.78, 5) is 47.3. The Balaban J connectivity index is 1.30. The van der Waals surface area contributed by atoms with Crippen molar-refractivity contribution in [3.8, 4) is 11.3 Å². The molecule has 3 heterocycles. The lowest BCUT2D eigenvalue weighted by Crippen LogP contribution is -2.50. The molecule has 2 aromatic carbocycles. The summed E-state index contributed by atoms with van der Waals surface area (Å²) in [5.74, 6) is 1.37. The minimum atomic E-state index is -0.665. The average Bonchev–Trinajstić information content (AvgIpc) is 3.51. The molecule has 1 N–H and O–H groups in total. The summed E-state index contributed by atoms with van der Waals surface area (Å²) in [5.41, 5.74) is 2.03. The molecule has 2 amide bonds. The Labute approximate surface area is 263 Å². The molecule has 10 heteroatoms. The third kappa shape index (κ3) is 8.20. The van der Waals surface area contributed by atoms with Crippen LogP contribution in [0.4, 0.5) is 21.1 Å². The van der Waals surface area contributed by atoms with Gasteiger partial charge in [0.25, 0.3) is 0 Å². The van der Waals surface area contributed by atoms with Crippen LogP contribution in [0.2, 0.25) is 0 Å². The summed E-state index contributed by atoms with van der Waals surface area (Å²) in [7, 11) is 0. The number of ketones is 1. The second-order valence-corrected chi connectivity index (χ2v) is 13.1. The quantitative estimate of drug-likeness (QED) is 0.225. The van der Waals surface area contributed by atoms with Crippen LogP contribution < -0.4 is 10.2 Å². The molecule has 45 heavy (non-hydrogen) atoms. The lowest BCUT2D eigenvalue weighted by Gasteiger charge is -2.36. The van der Waals surface area contributed by atoms with Crippen molar-refractivity contribution in [2.45, 2.75) is 59.2 Å². The fraction of sp³-hybridized carbons (Fsp3) is 0.371. The number of piperazine rings is 1. The van der Waals surface area contributed by atoms with Crippen LogP contribution in [0.15, 0.2) is 71.3 Å². The van der Waals surface area contributed by atoms with Crippen molar-refractivity contribution in [3.63, 3.8) is 0 Å². The number of nitrogens with one attached hydrogen (secondary N) is 1. The number of fused-ring (bicyclic) bond motifs is 1. The Bertz CT molecular complexity index is 1690. The van der Waals surface area contributed by atoms with Crippen LogP contribution in [-0.4, -0.2) is 65.2 Å². The van der Waals surface area contributed by atoms with Crippen molar-refractivity contribution < 1.29 is 28.3 Å². The molecule has 0 spiro atoms. The minimum absolute atomic E-state index is 0.0542. The number of hydrogen-bond acceptors (Lipinski definition) is 8. The van der Waals surface area contributed by atoms with Crippen molar-refractivity contribution in [1.29, 1.82) is 0 Å². The first-order valence-corrected chi connectivity index (χ1v) is 15.1. The van der Waals surface area contributed by atoms with Gasteiger partial charge in [-0.05, 0) is 108 Å². The van der Waals surface area contributed by atoms with E-state index in [2.05, 4.69) is 10.2 Å². The highest BCUT2D eigenvalue weighted by atomic mass is 16.6. The van der Waals surface area contributed by atoms with Crippen molar-refractivity contribution in [3.05, 3.63) is 78.1 Å². The van der Waals surface area contributed by atoms with E-state index in [4.69, 9.17) is 18.9 Å². The van der Waals surface area contributed by atoms with Crippen LogP contribution in [0.5, 0.6) is 0 Å². The highest BCUT2D eigenvalue weighted by Gasteiger charge is 2.26.